The number of hydrogen-bond acceptors (Lipinski definition) is 4. The van der Waals surface area contributed by atoms with Crippen LogP contribution in [0.4, 0.5) is 0 Å². The largest absolute Gasteiger partial charge is 0.379 e. The topological polar surface area (TPSA) is 61.5 Å². The van der Waals surface area contributed by atoms with E-state index in [2.05, 4.69) is 33.8 Å². The third kappa shape index (κ3) is 4.42. The van der Waals surface area contributed by atoms with Gasteiger partial charge in [-0.05, 0) is 45.1 Å². The molecule has 6 heteroatoms. The normalized spacial score (nSPS) is 21.5. The van der Waals surface area contributed by atoms with Crippen molar-refractivity contribution in [1.82, 2.24) is 20.0 Å². The molecule has 2 aliphatic heterocycles. The van der Waals surface area contributed by atoms with Crippen molar-refractivity contribution in [1.29, 1.82) is 0 Å². The van der Waals surface area contributed by atoms with Gasteiger partial charge in [0.2, 0.25) is 5.91 Å². The molecular weight excluding hydrogens is 316 g/mol. The molecule has 2 aliphatic rings. The smallest absolute Gasteiger partial charge is 0.222 e. The molecule has 0 aromatic carbocycles. The second kappa shape index (κ2) is 8.32. The maximum Gasteiger partial charge on any atom is 0.222 e. The zero-order valence-electron chi connectivity index (χ0n) is 15.9. The zero-order chi connectivity index (χ0) is 17.8. The first-order valence-corrected chi connectivity index (χ1v) is 9.66. The lowest BCUT2D eigenvalue weighted by Crippen LogP contribution is -2.49. The van der Waals surface area contributed by atoms with Crippen molar-refractivity contribution in [2.24, 2.45) is 5.92 Å². The third-order valence-corrected chi connectivity index (χ3v) is 6.13. The first-order chi connectivity index (χ1) is 12.1. The number of H-pyrrole nitrogens is 1. The third-order valence-electron chi connectivity index (χ3n) is 6.13. The van der Waals surface area contributed by atoms with Gasteiger partial charge in [0, 0.05) is 50.8 Å². The highest BCUT2D eigenvalue weighted by molar-refractivity contribution is 5.76. The van der Waals surface area contributed by atoms with Gasteiger partial charge in [-0.15, -0.1) is 0 Å². The number of carbonyl (C=O) groups excluding carboxylic acids is 1. The molecule has 0 radical (unpaired) electrons. The number of aromatic nitrogens is 2. The quantitative estimate of drug-likeness (QED) is 0.883. The predicted molar refractivity (Wildman–Crippen MR) is 97.5 cm³/mol. The Labute approximate surface area is 150 Å². The lowest BCUT2D eigenvalue weighted by molar-refractivity contribution is -0.133. The molecule has 140 valence electrons. The first-order valence-electron chi connectivity index (χ1n) is 9.66. The molecule has 6 nitrogen and oxygen atoms in total. The van der Waals surface area contributed by atoms with E-state index in [1.54, 1.807) is 0 Å². The van der Waals surface area contributed by atoms with Gasteiger partial charge >= 0.3 is 0 Å². The number of hydrogen-bond donors (Lipinski definition) is 1. The van der Waals surface area contributed by atoms with Crippen LogP contribution in [0.1, 0.15) is 43.1 Å². The van der Waals surface area contributed by atoms with Gasteiger partial charge in [0.1, 0.15) is 0 Å². The summed E-state index contributed by atoms with van der Waals surface area (Å²) >= 11 is 0. The van der Waals surface area contributed by atoms with Crippen LogP contribution in [0.2, 0.25) is 0 Å². The van der Waals surface area contributed by atoms with Crippen LogP contribution in [0, 0.1) is 19.8 Å². The number of aromatic amines is 1. The van der Waals surface area contributed by atoms with Crippen molar-refractivity contribution >= 4 is 5.91 Å². The Bertz CT molecular complexity index is 572. The van der Waals surface area contributed by atoms with E-state index in [1.807, 2.05) is 6.92 Å². The van der Waals surface area contributed by atoms with Crippen molar-refractivity contribution in [3.8, 4) is 0 Å². The van der Waals surface area contributed by atoms with Crippen molar-refractivity contribution in [3.05, 3.63) is 17.0 Å². The van der Waals surface area contributed by atoms with E-state index < -0.39 is 0 Å². The van der Waals surface area contributed by atoms with E-state index >= 15 is 0 Å². The predicted octanol–water partition coefficient (Wildman–Crippen LogP) is 1.92. The molecule has 1 amide bonds. The summed E-state index contributed by atoms with van der Waals surface area (Å²) in [5.74, 6) is 0.968. The zero-order valence-corrected chi connectivity index (χ0v) is 15.9. The SMILES string of the molecule is Cc1[nH]nc(CCC(=O)N2CCC([C@@H](C)N3CCOCC3)CC2)c1C. The molecule has 2 fully saturated rings. The second-order valence-corrected chi connectivity index (χ2v) is 7.53. The number of amides is 1. The highest BCUT2D eigenvalue weighted by Gasteiger charge is 2.29. The number of morpholine rings is 1. The van der Waals surface area contributed by atoms with Gasteiger partial charge in [-0.2, -0.15) is 5.10 Å². The molecule has 25 heavy (non-hydrogen) atoms. The van der Waals surface area contributed by atoms with Gasteiger partial charge in [0.15, 0.2) is 0 Å². The van der Waals surface area contributed by atoms with Crippen molar-refractivity contribution in [2.45, 2.75) is 52.5 Å². The minimum atomic E-state index is 0.275. The monoisotopic (exact) mass is 348 g/mol. The molecule has 0 unspecified atom stereocenters. The first kappa shape index (κ1) is 18.4. The van der Waals surface area contributed by atoms with Crippen LogP contribution in [-0.2, 0) is 16.0 Å². The van der Waals surface area contributed by atoms with Gasteiger partial charge in [-0.25, -0.2) is 0 Å². The van der Waals surface area contributed by atoms with Gasteiger partial charge in [0.25, 0.3) is 0 Å². The summed E-state index contributed by atoms with van der Waals surface area (Å²) in [6.45, 7) is 12.0. The summed E-state index contributed by atoms with van der Waals surface area (Å²) in [6.07, 6.45) is 3.53. The van der Waals surface area contributed by atoms with Crippen LogP contribution < -0.4 is 0 Å². The summed E-state index contributed by atoms with van der Waals surface area (Å²) in [7, 11) is 0. The number of nitrogens with zero attached hydrogens (tertiary/aromatic N) is 3. The lowest BCUT2D eigenvalue weighted by Gasteiger charge is -2.41. The molecule has 3 rings (SSSR count). The molecule has 0 aliphatic carbocycles. The summed E-state index contributed by atoms with van der Waals surface area (Å²) in [4.78, 5) is 17.1. The van der Waals surface area contributed by atoms with E-state index in [0.717, 1.165) is 70.0 Å². The van der Waals surface area contributed by atoms with Crippen molar-refractivity contribution < 1.29 is 9.53 Å². The molecule has 0 saturated carbocycles. The number of nitrogens with one attached hydrogen (secondary N) is 1. The molecule has 0 bridgehead atoms. The molecule has 1 N–H and O–H groups in total. The van der Waals surface area contributed by atoms with Gasteiger partial charge in [0.05, 0.1) is 18.9 Å². The van der Waals surface area contributed by atoms with Crippen molar-refractivity contribution in [3.63, 3.8) is 0 Å². The van der Waals surface area contributed by atoms with E-state index in [0.29, 0.717) is 18.4 Å². The Morgan fingerprint density at radius 2 is 1.92 bits per heavy atom. The van der Waals surface area contributed by atoms with Crippen LogP contribution in [0.5, 0.6) is 0 Å². The second-order valence-electron chi connectivity index (χ2n) is 7.53. The summed E-state index contributed by atoms with van der Waals surface area (Å²) in [5, 5.41) is 7.31. The lowest BCUT2D eigenvalue weighted by atomic mass is 9.89. The van der Waals surface area contributed by atoms with Gasteiger partial charge < -0.3 is 9.64 Å². The van der Waals surface area contributed by atoms with Crippen LogP contribution in [0.3, 0.4) is 0 Å². The number of piperidine rings is 1. The van der Waals surface area contributed by atoms with Crippen LogP contribution in [-0.4, -0.2) is 71.3 Å². The average Bonchev–Trinajstić information content (AvgIpc) is 2.98. The molecule has 1 atom stereocenters. The Balaban J connectivity index is 1.43. The number of ether oxygens (including phenoxy) is 1. The molecule has 3 heterocycles. The summed E-state index contributed by atoms with van der Waals surface area (Å²) in [6, 6.07) is 0.593. The number of aryl methyl sites for hydroxylation is 2. The fourth-order valence-corrected chi connectivity index (χ4v) is 4.08. The van der Waals surface area contributed by atoms with Crippen molar-refractivity contribution in [2.75, 3.05) is 39.4 Å². The maximum atomic E-state index is 12.5. The Morgan fingerprint density at radius 1 is 1.24 bits per heavy atom. The fourth-order valence-electron chi connectivity index (χ4n) is 4.08. The Morgan fingerprint density at radius 3 is 2.52 bits per heavy atom. The highest BCUT2D eigenvalue weighted by Crippen LogP contribution is 2.25. The number of likely N-dealkylation sites (tertiary alicyclic amines) is 1. The Kier molecular flexibility index (Phi) is 6.12. The molecule has 1 aromatic heterocycles. The minimum Gasteiger partial charge on any atom is -0.379 e. The minimum absolute atomic E-state index is 0.275. The van der Waals surface area contributed by atoms with Crippen LogP contribution in [0.25, 0.3) is 0 Å². The maximum absolute atomic E-state index is 12.5. The van der Waals surface area contributed by atoms with E-state index in [4.69, 9.17) is 4.74 Å². The van der Waals surface area contributed by atoms with Gasteiger partial charge in [-0.3, -0.25) is 14.8 Å². The summed E-state index contributed by atoms with van der Waals surface area (Å²) < 4.78 is 5.46. The average molecular weight is 348 g/mol. The fraction of sp³-hybridized carbons (Fsp3) is 0.789. The molecular formula is C19H32N4O2. The van der Waals surface area contributed by atoms with Crippen LogP contribution in [0.15, 0.2) is 0 Å². The molecule has 1 aromatic rings. The van der Waals surface area contributed by atoms with E-state index in [9.17, 15) is 4.79 Å². The van der Waals surface area contributed by atoms with E-state index in [-0.39, 0.29) is 5.91 Å². The Hall–Kier alpha value is -1.40. The standard InChI is InChI=1S/C19H32N4O2/c1-14-15(2)20-21-18(14)4-5-19(24)23-8-6-17(7-9-23)16(3)22-10-12-25-13-11-22/h16-17H,4-13H2,1-3H3,(H,20,21)/t16-/m1/s1. The van der Waals surface area contributed by atoms with Gasteiger partial charge in [-0.1, -0.05) is 0 Å². The molecule has 0 spiro atoms. The number of rotatable bonds is 5. The van der Waals surface area contributed by atoms with E-state index in [1.165, 1.54) is 5.56 Å². The highest BCUT2D eigenvalue weighted by atomic mass is 16.5. The molecule has 2 saturated heterocycles. The van der Waals surface area contributed by atoms with Crippen LogP contribution >= 0.6 is 0 Å². The summed E-state index contributed by atoms with van der Waals surface area (Å²) in [5.41, 5.74) is 3.31. The number of carbonyl (C=O) groups is 1.